The average molecular weight is 293 g/mol. The van der Waals surface area contributed by atoms with E-state index in [1.807, 2.05) is 44.9 Å². The number of amides is 1. The van der Waals surface area contributed by atoms with E-state index in [0.29, 0.717) is 11.7 Å². The third-order valence-electron chi connectivity index (χ3n) is 3.28. The molecule has 0 saturated heterocycles. The number of carbonyl (C=O) groups is 1. The monoisotopic (exact) mass is 293 g/mol. The predicted molar refractivity (Wildman–Crippen MR) is 79.9 cm³/mol. The number of hydrogen-bond donors (Lipinski definition) is 1. The van der Waals surface area contributed by atoms with E-state index in [9.17, 15) is 4.79 Å². The molecule has 2 heterocycles. The van der Waals surface area contributed by atoms with Crippen molar-refractivity contribution in [3.05, 3.63) is 34.7 Å². The van der Waals surface area contributed by atoms with Gasteiger partial charge in [-0.2, -0.15) is 0 Å². The van der Waals surface area contributed by atoms with Gasteiger partial charge in [0.2, 0.25) is 5.91 Å². The first kappa shape index (κ1) is 14.7. The molecule has 2 aromatic heterocycles. The van der Waals surface area contributed by atoms with E-state index in [1.54, 1.807) is 6.26 Å². The summed E-state index contributed by atoms with van der Waals surface area (Å²) in [7, 11) is 1.89. The number of aryl methyl sites for hydroxylation is 2. The Bertz CT molecular complexity index is 558. The molecule has 5 nitrogen and oxygen atoms in total. The summed E-state index contributed by atoms with van der Waals surface area (Å²) in [6.07, 6.45) is 1.63. The number of likely N-dealkylation sites (N-methyl/N-ethyl adjacent to an activating group) is 1. The van der Waals surface area contributed by atoms with Gasteiger partial charge in [-0.3, -0.25) is 9.69 Å². The van der Waals surface area contributed by atoms with Crippen molar-refractivity contribution in [1.82, 2.24) is 9.88 Å². The second-order valence-corrected chi connectivity index (χ2v) is 6.02. The first-order valence-corrected chi connectivity index (χ1v) is 7.26. The van der Waals surface area contributed by atoms with Crippen LogP contribution < -0.4 is 5.32 Å². The van der Waals surface area contributed by atoms with Crippen molar-refractivity contribution in [2.24, 2.45) is 0 Å². The van der Waals surface area contributed by atoms with E-state index < -0.39 is 0 Å². The maximum Gasteiger partial charge on any atom is 0.243 e. The highest BCUT2D eigenvalue weighted by molar-refractivity contribution is 7.15. The summed E-state index contributed by atoms with van der Waals surface area (Å²) in [6, 6.07) is 3.48. The lowest BCUT2D eigenvalue weighted by molar-refractivity contribution is -0.120. The Morgan fingerprint density at radius 1 is 1.55 bits per heavy atom. The van der Waals surface area contributed by atoms with E-state index in [4.69, 9.17) is 4.42 Å². The number of aromatic nitrogens is 1. The molecule has 108 valence electrons. The Labute approximate surface area is 122 Å². The van der Waals surface area contributed by atoms with Crippen LogP contribution in [0.2, 0.25) is 0 Å². The van der Waals surface area contributed by atoms with Crippen LogP contribution in [0.3, 0.4) is 0 Å². The van der Waals surface area contributed by atoms with E-state index in [0.717, 1.165) is 16.3 Å². The van der Waals surface area contributed by atoms with E-state index in [1.165, 1.54) is 11.3 Å². The Morgan fingerprint density at radius 3 is 2.85 bits per heavy atom. The van der Waals surface area contributed by atoms with E-state index in [-0.39, 0.29) is 11.9 Å². The number of anilines is 1. The molecule has 0 aliphatic heterocycles. The van der Waals surface area contributed by atoms with Crippen LogP contribution in [0, 0.1) is 13.8 Å². The summed E-state index contributed by atoms with van der Waals surface area (Å²) in [5, 5.41) is 3.52. The summed E-state index contributed by atoms with van der Waals surface area (Å²) in [4.78, 5) is 19.6. The van der Waals surface area contributed by atoms with Crippen LogP contribution in [0.4, 0.5) is 5.13 Å². The minimum absolute atomic E-state index is 0.0622. The highest BCUT2D eigenvalue weighted by Crippen LogP contribution is 2.21. The predicted octanol–water partition coefficient (Wildman–Crippen LogP) is 2.81. The Kier molecular flexibility index (Phi) is 4.57. The number of thiazole rings is 1. The summed E-state index contributed by atoms with van der Waals surface area (Å²) in [5.74, 6) is 0.779. The summed E-state index contributed by atoms with van der Waals surface area (Å²) >= 11 is 1.50. The van der Waals surface area contributed by atoms with Gasteiger partial charge in [0.15, 0.2) is 5.13 Å². The molecule has 1 N–H and O–H groups in total. The van der Waals surface area contributed by atoms with Crippen molar-refractivity contribution < 1.29 is 9.21 Å². The lowest BCUT2D eigenvalue weighted by Gasteiger charge is -2.22. The number of hydrogen-bond acceptors (Lipinski definition) is 5. The van der Waals surface area contributed by atoms with Crippen LogP contribution in [-0.2, 0) is 11.3 Å². The molecule has 1 atom stereocenters. The standard InChI is InChI=1S/C14H19N3O2S/c1-9-11(3)20-14(15-9)16-13(18)10(2)17(4)8-12-6-5-7-19-12/h5-7,10H,8H2,1-4H3,(H,15,16,18)/t10-/m1/s1. The minimum Gasteiger partial charge on any atom is -0.468 e. The third kappa shape index (κ3) is 3.46. The van der Waals surface area contributed by atoms with E-state index >= 15 is 0 Å². The van der Waals surface area contributed by atoms with Crippen LogP contribution in [0.1, 0.15) is 23.3 Å². The first-order chi connectivity index (χ1) is 9.47. The number of carbonyl (C=O) groups excluding carboxylic acids is 1. The number of furan rings is 1. The fraction of sp³-hybridized carbons (Fsp3) is 0.429. The fourth-order valence-corrected chi connectivity index (χ4v) is 2.54. The minimum atomic E-state index is -0.260. The zero-order valence-corrected chi connectivity index (χ0v) is 13.0. The fourth-order valence-electron chi connectivity index (χ4n) is 1.72. The maximum absolute atomic E-state index is 12.2. The number of rotatable bonds is 5. The number of nitrogens with one attached hydrogen (secondary N) is 1. The second-order valence-electron chi connectivity index (χ2n) is 4.82. The molecule has 0 aliphatic carbocycles. The average Bonchev–Trinajstić information content (AvgIpc) is 2.99. The molecule has 2 aromatic rings. The Hall–Kier alpha value is -1.66. The topological polar surface area (TPSA) is 58.4 Å². The molecule has 0 fully saturated rings. The third-order valence-corrected chi connectivity index (χ3v) is 4.27. The van der Waals surface area contributed by atoms with Gasteiger partial charge in [0.1, 0.15) is 5.76 Å². The lowest BCUT2D eigenvalue weighted by Crippen LogP contribution is -2.39. The molecule has 0 bridgehead atoms. The van der Waals surface area contributed by atoms with Crippen LogP contribution in [-0.4, -0.2) is 28.9 Å². The maximum atomic E-state index is 12.2. The van der Waals surface area contributed by atoms with Crippen molar-refractivity contribution >= 4 is 22.4 Å². The normalized spacial score (nSPS) is 12.7. The van der Waals surface area contributed by atoms with Gasteiger partial charge in [0, 0.05) is 4.88 Å². The molecule has 0 spiro atoms. The number of nitrogens with zero attached hydrogens (tertiary/aromatic N) is 2. The van der Waals surface area contributed by atoms with Crippen LogP contribution in [0.5, 0.6) is 0 Å². The van der Waals surface area contributed by atoms with Gasteiger partial charge in [0.25, 0.3) is 0 Å². The molecular weight excluding hydrogens is 274 g/mol. The first-order valence-electron chi connectivity index (χ1n) is 6.45. The van der Waals surface area contributed by atoms with Crippen molar-refractivity contribution in [2.45, 2.75) is 33.4 Å². The summed E-state index contributed by atoms with van der Waals surface area (Å²) in [6.45, 7) is 6.40. The van der Waals surface area contributed by atoms with Gasteiger partial charge in [-0.1, -0.05) is 0 Å². The van der Waals surface area contributed by atoms with E-state index in [2.05, 4.69) is 10.3 Å². The molecule has 6 heteroatoms. The summed E-state index contributed by atoms with van der Waals surface area (Å²) < 4.78 is 5.29. The van der Waals surface area contributed by atoms with Crippen molar-refractivity contribution in [1.29, 1.82) is 0 Å². The highest BCUT2D eigenvalue weighted by Gasteiger charge is 2.20. The summed E-state index contributed by atoms with van der Waals surface area (Å²) in [5.41, 5.74) is 0.960. The second kappa shape index (κ2) is 6.19. The SMILES string of the molecule is Cc1nc(NC(=O)[C@@H](C)N(C)Cc2ccco2)sc1C. The molecule has 20 heavy (non-hydrogen) atoms. The highest BCUT2D eigenvalue weighted by atomic mass is 32.1. The zero-order chi connectivity index (χ0) is 14.7. The lowest BCUT2D eigenvalue weighted by atomic mass is 10.2. The Morgan fingerprint density at radius 2 is 2.30 bits per heavy atom. The molecule has 1 amide bonds. The van der Waals surface area contributed by atoms with Gasteiger partial charge < -0.3 is 9.73 Å². The van der Waals surface area contributed by atoms with Gasteiger partial charge >= 0.3 is 0 Å². The van der Waals surface area contributed by atoms with Crippen molar-refractivity contribution in [3.63, 3.8) is 0 Å². The zero-order valence-electron chi connectivity index (χ0n) is 12.1. The molecule has 0 unspecified atom stereocenters. The van der Waals surface area contributed by atoms with Gasteiger partial charge in [-0.05, 0) is 40.0 Å². The van der Waals surface area contributed by atoms with Crippen LogP contribution in [0.25, 0.3) is 0 Å². The van der Waals surface area contributed by atoms with Gasteiger partial charge in [0.05, 0.1) is 24.5 Å². The molecular formula is C14H19N3O2S. The van der Waals surface area contributed by atoms with Crippen molar-refractivity contribution in [3.8, 4) is 0 Å². The molecule has 0 radical (unpaired) electrons. The van der Waals surface area contributed by atoms with Crippen LogP contribution >= 0.6 is 11.3 Å². The smallest absolute Gasteiger partial charge is 0.243 e. The quantitative estimate of drug-likeness (QED) is 0.921. The molecule has 0 aromatic carbocycles. The largest absolute Gasteiger partial charge is 0.468 e. The molecule has 0 aliphatic rings. The van der Waals surface area contributed by atoms with Gasteiger partial charge in [-0.15, -0.1) is 11.3 Å². The Balaban J connectivity index is 1.94. The molecule has 2 rings (SSSR count). The van der Waals surface area contributed by atoms with Crippen molar-refractivity contribution in [2.75, 3.05) is 12.4 Å². The van der Waals surface area contributed by atoms with Crippen LogP contribution in [0.15, 0.2) is 22.8 Å². The molecule has 0 saturated carbocycles. The van der Waals surface area contributed by atoms with Gasteiger partial charge in [-0.25, -0.2) is 4.98 Å².